The molecule has 0 aliphatic carbocycles. The Labute approximate surface area is 145 Å². The van der Waals surface area contributed by atoms with E-state index in [2.05, 4.69) is 0 Å². The number of benzene rings is 2. The summed E-state index contributed by atoms with van der Waals surface area (Å²) in [6.07, 6.45) is 3.69. The normalized spacial score (nSPS) is 11.5. The van der Waals surface area contributed by atoms with Crippen LogP contribution in [0.1, 0.15) is 25.6 Å². The molecule has 25 heavy (non-hydrogen) atoms. The van der Waals surface area contributed by atoms with Gasteiger partial charge in [-0.3, -0.25) is 9.59 Å². The molecule has 0 saturated heterocycles. The molecule has 0 bridgehead atoms. The lowest BCUT2D eigenvalue weighted by molar-refractivity contribution is -0.104. The molecule has 1 aromatic heterocycles. The van der Waals surface area contributed by atoms with Crippen LogP contribution in [0.15, 0.2) is 59.4 Å². The molecular formula is C21H18FNO2. The average Bonchev–Trinajstić information content (AvgIpc) is 2.61. The monoisotopic (exact) mass is 335 g/mol. The van der Waals surface area contributed by atoms with Crippen molar-refractivity contribution in [3.05, 3.63) is 76.5 Å². The fourth-order valence-electron chi connectivity index (χ4n) is 3.11. The smallest absolute Gasteiger partial charge is 0.259 e. The third kappa shape index (κ3) is 3.03. The Morgan fingerprint density at radius 3 is 2.24 bits per heavy atom. The minimum atomic E-state index is -0.324. The average molecular weight is 335 g/mol. The summed E-state index contributed by atoms with van der Waals surface area (Å²) in [4.78, 5) is 23.8. The molecule has 3 aromatic rings. The van der Waals surface area contributed by atoms with Gasteiger partial charge in [-0.25, -0.2) is 4.39 Å². The summed E-state index contributed by atoms with van der Waals surface area (Å²) in [5, 5.41) is 1.38. The van der Waals surface area contributed by atoms with Gasteiger partial charge in [0.1, 0.15) is 12.1 Å². The number of allylic oxidation sites excluding steroid dienone is 1. The zero-order valence-corrected chi connectivity index (χ0v) is 14.1. The van der Waals surface area contributed by atoms with Gasteiger partial charge in [0.05, 0.1) is 5.69 Å². The van der Waals surface area contributed by atoms with E-state index >= 15 is 0 Å². The van der Waals surface area contributed by atoms with Gasteiger partial charge in [0, 0.05) is 17.0 Å². The van der Waals surface area contributed by atoms with Crippen molar-refractivity contribution in [2.24, 2.45) is 0 Å². The molecule has 4 heteroatoms. The van der Waals surface area contributed by atoms with E-state index in [9.17, 15) is 14.0 Å². The molecule has 0 radical (unpaired) electrons. The van der Waals surface area contributed by atoms with Crippen LogP contribution in [-0.4, -0.2) is 10.9 Å². The van der Waals surface area contributed by atoms with Gasteiger partial charge in [0.25, 0.3) is 5.56 Å². The largest absolute Gasteiger partial charge is 0.305 e. The number of hydrogen-bond donors (Lipinski definition) is 0. The van der Waals surface area contributed by atoms with E-state index in [1.165, 1.54) is 18.2 Å². The molecule has 0 N–H and O–H groups in total. The molecule has 0 spiro atoms. The fourth-order valence-corrected chi connectivity index (χ4v) is 3.11. The topological polar surface area (TPSA) is 39.1 Å². The van der Waals surface area contributed by atoms with Crippen LogP contribution < -0.4 is 5.56 Å². The summed E-state index contributed by atoms with van der Waals surface area (Å²) in [6, 6.07) is 13.4. The minimum Gasteiger partial charge on any atom is -0.305 e. The van der Waals surface area contributed by atoms with Crippen molar-refractivity contribution in [1.82, 2.24) is 4.57 Å². The van der Waals surface area contributed by atoms with Crippen LogP contribution in [0.25, 0.3) is 28.0 Å². The molecule has 0 aliphatic rings. The lowest BCUT2D eigenvalue weighted by atomic mass is 9.96. The molecule has 1 heterocycles. The molecule has 0 aliphatic heterocycles. The van der Waals surface area contributed by atoms with Crippen LogP contribution in [0.5, 0.6) is 0 Å². The van der Waals surface area contributed by atoms with Crippen LogP contribution in [0.4, 0.5) is 4.39 Å². The van der Waals surface area contributed by atoms with Crippen molar-refractivity contribution >= 4 is 23.1 Å². The van der Waals surface area contributed by atoms with E-state index in [0.29, 0.717) is 17.4 Å². The highest BCUT2D eigenvalue weighted by Crippen LogP contribution is 2.32. The maximum Gasteiger partial charge on any atom is 0.259 e. The third-order valence-electron chi connectivity index (χ3n) is 4.14. The van der Waals surface area contributed by atoms with Crippen LogP contribution in [0.2, 0.25) is 0 Å². The minimum absolute atomic E-state index is 0.0948. The Morgan fingerprint density at radius 2 is 1.64 bits per heavy atom. The van der Waals surface area contributed by atoms with E-state index in [0.717, 1.165) is 16.5 Å². The number of rotatable bonds is 4. The molecule has 0 saturated carbocycles. The summed E-state index contributed by atoms with van der Waals surface area (Å²) in [5.41, 5.74) is 2.12. The molecule has 0 unspecified atom stereocenters. The van der Waals surface area contributed by atoms with E-state index in [-0.39, 0.29) is 17.4 Å². The van der Waals surface area contributed by atoms with Crippen LogP contribution >= 0.6 is 0 Å². The number of nitrogens with zero attached hydrogens (tertiary/aromatic N) is 1. The second-order valence-electron chi connectivity index (χ2n) is 6.08. The Balaban J connectivity index is 2.52. The van der Waals surface area contributed by atoms with E-state index < -0.39 is 0 Å². The molecule has 3 nitrogen and oxygen atoms in total. The van der Waals surface area contributed by atoms with Crippen molar-refractivity contribution in [2.45, 2.75) is 19.9 Å². The van der Waals surface area contributed by atoms with Crippen LogP contribution in [-0.2, 0) is 4.79 Å². The number of fused-ring (bicyclic) bond motifs is 1. The highest BCUT2D eigenvalue weighted by molar-refractivity contribution is 6.00. The van der Waals surface area contributed by atoms with Crippen molar-refractivity contribution in [2.75, 3.05) is 0 Å². The number of carbonyl (C=O) groups is 1. The lowest BCUT2D eigenvalue weighted by Gasteiger charge is -2.20. The molecule has 0 amide bonds. The van der Waals surface area contributed by atoms with E-state index in [1.807, 2.05) is 32.0 Å². The summed E-state index contributed by atoms with van der Waals surface area (Å²) in [7, 11) is 0. The Hall–Kier alpha value is -3.01. The van der Waals surface area contributed by atoms with Crippen molar-refractivity contribution in [3.63, 3.8) is 0 Å². The SMILES string of the molecule is CC(C)n1c(/C=C/C=O)c(-c2ccc(F)cc2)c2ccccc2c1=O. The molecular weight excluding hydrogens is 317 g/mol. The van der Waals surface area contributed by atoms with Gasteiger partial charge in [-0.2, -0.15) is 0 Å². The molecule has 2 aromatic carbocycles. The van der Waals surface area contributed by atoms with Gasteiger partial charge in [0.2, 0.25) is 0 Å². The second kappa shape index (κ2) is 6.85. The number of halogens is 1. The van der Waals surface area contributed by atoms with Crippen LogP contribution in [0, 0.1) is 5.82 Å². The Bertz CT molecular complexity index is 1010. The zero-order valence-electron chi connectivity index (χ0n) is 14.1. The predicted molar refractivity (Wildman–Crippen MR) is 99.1 cm³/mol. The van der Waals surface area contributed by atoms with E-state index in [4.69, 9.17) is 0 Å². The molecule has 0 fully saturated rings. The first-order valence-electron chi connectivity index (χ1n) is 8.09. The number of hydrogen-bond acceptors (Lipinski definition) is 2. The van der Waals surface area contributed by atoms with Gasteiger partial charge in [-0.15, -0.1) is 0 Å². The Morgan fingerprint density at radius 1 is 1.00 bits per heavy atom. The maximum absolute atomic E-state index is 13.4. The van der Waals surface area contributed by atoms with Crippen LogP contribution in [0.3, 0.4) is 0 Å². The lowest BCUT2D eigenvalue weighted by Crippen LogP contribution is -2.25. The first-order valence-corrected chi connectivity index (χ1v) is 8.09. The number of aldehydes is 1. The highest BCUT2D eigenvalue weighted by Gasteiger charge is 2.17. The van der Waals surface area contributed by atoms with Crippen molar-refractivity contribution in [3.8, 4) is 11.1 Å². The summed E-state index contributed by atoms with van der Waals surface area (Å²) in [5.74, 6) is -0.324. The van der Waals surface area contributed by atoms with Gasteiger partial charge >= 0.3 is 0 Å². The van der Waals surface area contributed by atoms with Gasteiger partial charge in [-0.1, -0.05) is 30.3 Å². The third-order valence-corrected chi connectivity index (χ3v) is 4.14. The fraction of sp³-hybridized carbons (Fsp3) is 0.143. The predicted octanol–water partition coefficient (Wildman–Crippen LogP) is 4.60. The molecule has 3 rings (SSSR count). The first kappa shape index (κ1) is 16.8. The van der Waals surface area contributed by atoms with Gasteiger partial charge in [-0.05, 0) is 55.1 Å². The Kier molecular flexibility index (Phi) is 4.61. The standard InChI is InChI=1S/C21H18FNO2/c1-14(2)23-19(8-5-13-24)20(15-9-11-16(22)12-10-15)17-6-3-4-7-18(17)21(23)25/h3-14H,1-2H3/b8-5+. The summed E-state index contributed by atoms with van der Waals surface area (Å²) in [6.45, 7) is 3.84. The van der Waals surface area contributed by atoms with Gasteiger partial charge in [0.15, 0.2) is 0 Å². The zero-order chi connectivity index (χ0) is 18.0. The second-order valence-corrected chi connectivity index (χ2v) is 6.08. The summed E-state index contributed by atoms with van der Waals surface area (Å²) < 4.78 is 15.0. The van der Waals surface area contributed by atoms with Gasteiger partial charge < -0.3 is 4.57 Å². The number of pyridine rings is 1. The summed E-state index contributed by atoms with van der Waals surface area (Å²) >= 11 is 0. The van der Waals surface area contributed by atoms with Crippen molar-refractivity contribution < 1.29 is 9.18 Å². The highest BCUT2D eigenvalue weighted by atomic mass is 19.1. The quantitative estimate of drug-likeness (QED) is 0.516. The number of aromatic nitrogens is 1. The van der Waals surface area contributed by atoms with E-state index in [1.54, 1.807) is 28.8 Å². The molecule has 126 valence electrons. The number of carbonyl (C=O) groups excluding carboxylic acids is 1. The first-order chi connectivity index (χ1) is 12.0. The maximum atomic E-state index is 13.4. The van der Waals surface area contributed by atoms with Crippen molar-refractivity contribution in [1.29, 1.82) is 0 Å². The molecule has 0 atom stereocenters.